The van der Waals surface area contributed by atoms with Gasteiger partial charge in [0.1, 0.15) is 0 Å². The van der Waals surface area contributed by atoms with Gasteiger partial charge < -0.3 is 10.6 Å². The molecular formula is C16H32N2. The third kappa shape index (κ3) is 3.71. The predicted octanol–water partition coefficient (Wildman–Crippen LogP) is 3.33. The lowest BCUT2D eigenvalue weighted by molar-refractivity contribution is 0.189. The van der Waals surface area contributed by atoms with E-state index < -0.39 is 0 Å². The van der Waals surface area contributed by atoms with E-state index in [2.05, 4.69) is 24.5 Å². The van der Waals surface area contributed by atoms with E-state index >= 15 is 0 Å². The highest BCUT2D eigenvalue weighted by molar-refractivity contribution is 4.90. The Kier molecular flexibility index (Phi) is 5.08. The first-order chi connectivity index (χ1) is 8.68. The molecule has 106 valence electrons. The van der Waals surface area contributed by atoms with Crippen LogP contribution in [0.1, 0.15) is 65.2 Å². The highest BCUT2D eigenvalue weighted by atomic mass is 15.0. The number of rotatable bonds is 6. The Labute approximate surface area is 113 Å². The van der Waals surface area contributed by atoms with Crippen LogP contribution in [0.25, 0.3) is 0 Å². The second-order valence-electron chi connectivity index (χ2n) is 7.15. The molecule has 1 aliphatic carbocycles. The van der Waals surface area contributed by atoms with Crippen LogP contribution in [-0.2, 0) is 0 Å². The zero-order valence-corrected chi connectivity index (χ0v) is 12.5. The maximum Gasteiger partial charge on any atom is 0.00207 e. The molecule has 1 aliphatic heterocycles. The molecule has 1 saturated heterocycles. The van der Waals surface area contributed by atoms with Crippen molar-refractivity contribution in [3.63, 3.8) is 0 Å². The molecule has 1 atom stereocenters. The molecule has 2 heteroatoms. The molecule has 18 heavy (non-hydrogen) atoms. The lowest BCUT2D eigenvalue weighted by Crippen LogP contribution is -2.41. The van der Waals surface area contributed by atoms with Crippen LogP contribution in [-0.4, -0.2) is 26.2 Å². The molecule has 1 saturated carbocycles. The van der Waals surface area contributed by atoms with Crippen molar-refractivity contribution < 1.29 is 0 Å². The van der Waals surface area contributed by atoms with Crippen LogP contribution in [0.5, 0.6) is 0 Å². The highest BCUT2D eigenvalue weighted by Gasteiger charge is 2.33. The van der Waals surface area contributed by atoms with Gasteiger partial charge in [-0.25, -0.2) is 0 Å². The molecule has 2 rings (SSSR count). The molecule has 2 fully saturated rings. The average Bonchev–Trinajstić information content (AvgIpc) is 2.79. The molecule has 0 aromatic rings. The molecule has 2 nitrogen and oxygen atoms in total. The Morgan fingerprint density at radius 1 is 1.06 bits per heavy atom. The largest absolute Gasteiger partial charge is 0.316 e. The van der Waals surface area contributed by atoms with E-state index in [9.17, 15) is 0 Å². The van der Waals surface area contributed by atoms with E-state index in [1.54, 1.807) is 0 Å². The summed E-state index contributed by atoms with van der Waals surface area (Å²) in [7, 11) is 0. The minimum absolute atomic E-state index is 0.555. The van der Waals surface area contributed by atoms with Crippen LogP contribution in [0, 0.1) is 10.8 Å². The van der Waals surface area contributed by atoms with Gasteiger partial charge in [-0.05, 0) is 43.1 Å². The predicted molar refractivity (Wildman–Crippen MR) is 78.9 cm³/mol. The second kappa shape index (κ2) is 6.38. The number of hydrogen-bond acceptors (Lipinski definition) is 2. The van der Waals surface area contributed by atoms with Crippen LogP contribution in [0.2, 0.25) is 0 Å². The van der Waals surface area contributed by atoms with E-state index in [0.29, 0.717) is 10.8 Å². The Bertz CT molecular complexity index is 237. The van der Waals surface area contributed by atoms with Crippen LogP contribution >= 0.6 is 0 Å². The first-order valence-electron chi connectivity index (χ1n) is 8.10. The van der Waals surface area contributed by atoms with Crippen molar-refractivity contribution in [1.82, 2.24) is 10.6 Å². The molecular weight excluding hydrogens is 220 g/mol. The minimum Gasteiger partial charge on any atom is -0.316 e. The molecule has 0 aromatic heterocycles. The summed E-state index contributed by atoms with van der Waals surface area (Å²) in [6.07, 6.45) is 11.3. The molecule has 0 radical (unpaired) electrons. The van der Waals surface area contributed by atoms with Gasteiger partial charge in [0.15, 0.2) is 0 Å². The summed E-state index contributed by atoms with van der Waals surface area (Å²) in [6.45, 7) is 9.71. The Morgan fingerprint density at radius 3 is 2.44 bits per heavy atom. The van der Waals surface area contributed by atoms with Crippen LogP contribution in [0.4, 0.5) is 0 Å². The van der Waals surface area contributed by atoms with Gasteiger partial charge >= 0.3 is 0 Å². The van der Waals surface area contributed by atoms with Crippen LogP contribution in [0.15, 0.2) is 0 Å². The summed E-state index contributed by atoms with van der Waals surface area (Å²) in [5.74, 6) is 0. The molecule has 2 aliphatic rings. The minimum atomic E-state index is 0.555. The number of nitrogens with one attached hydrogen (secondary N) is 2. The first-order valence-corrected chi connectivity index (χ1v) is 8.10. The SMILES string of the molecule is CCCC1(CNCC2(C)CCCCC2)CCNC1. The smallest absolute Gasteiger partial charge is 0.00207 e. The molecule has 2 N–H and O–H groups in total. The lowest BCUT2D eigenvalue weighted by atomic mass is 9.75. The maximum absolute atomic E-state index is 3.82. The zero-order valence-electron chi connectivity index (χ0n) is 12.5. The highest BCUT2D eigenvalue weighted by Crippen LogP contribution is 2.36. The normalized spacial score (nSPS) is 31.7. The van der Waals surface area contributed by atoms with Gasteiger partial charge in [-0.1, -0.05) is 39.5 Å². The fraction of sp³-hybridized carbons (Fsp3) is 1.00. The van der Waals surface area contributed by atoms with Gasteiger partial charge in [0, 0.05) is 19.6 Å². The first kappa shape index (κ1) is 14.3. The van der Waals surface area contributed by atoms with Crippen molar-refractivity contribution in [3.05, 3.63) is 0 Å². The second-order valence-corrected chi connectivity index (χ2v) is 7.15. The summed E-state index contributed by atoms with van der Waals surface area (Å²) in [6, 6.07) is 0. The fourth-order valence-corrected chi connectivity index (χ4v) is 3.99. The molecule has 0 aromatic carbocycles. The van der Waals surface area contributed by atoms with Gasteiger partial charge in [0.05, 0.1) is 0 Å². The van der Waals surface area contributed by atoms with E-state index in [1.807, 2.05) is 0 Å². The standard InChI is InChI=1S/C16H32N2/c1-3-7-16(10-11-17-13-16)14-18-12-15(2)8-5-4-6-9-15/h17-18H,3-14H2,1-2H3. The van der Waals surface area contributed by atoms with Crippen LogP contribution in [0.3, 0.4) is 0 Å². The van der Waals surface area contributed by atoms with Gasteiger partial charge in [-0.2, -0.15) is 0 Å². The molecule has 0 spiro atoms. The summed E-state index contributed by atoms with van der Waals surface area (Å²) in [5, 5.41) is 7.38. The Hall–Kier alpha value is -0.0800. The Morgan fingerprint density at radius 2 is 1.83 bits per heavy atom. The summed E-state index contributed by atoms with van der Waals surface area (Å²) >= 11 is 0. The quantitative estimate of drug-likeness (QED) is 0.758. The average molecular weight is 252 g/mol. The third-order valence-corrected chi connectivity index (χ3v) is 5.22. The van der Waals surface area contributed by atoms with Crippen molar-refractivity contribution in [3.8, 4) is 0 Å². The van der Waals surface area contributed by atoms with E-state index in [-0.39, 0.29) is 0 Å². The van der Waals surface area contributed by atoms with Crippen molar-refractivity contribution in [2.45, 2.75) is 65.2 Å². The van der Waals surface area contributed by atoms with Gasteiger partial charge in [0.25, 0.3) is 0 Å². The molecule has 0 amide bonds. The van der Waals surface area contributed by atoms with Crippen molar-refractivity contribution >= 4 is 0 Å². The fourth-order valence-electron chi connectivity index (χ4n) is 3.99. The van der Waals surface area contributed by atoms with Crippen molar-refractivity contribution in [2.75, 3.05) is 26.2 Å². The van der Waals surface area contributed by atoms with Crippen LogP contribution < -0.4 is 10.6 Å². The van der Waals surface area contributed by atoms with Gasteiger partial charge in [-0.3, -0.25) is 0 Å². The molecule has 1 heterocycles. The van der Waals surface area contributed by atoms with E-state index in [1.165, 1.54) is 77.5 Å². The monoisotopic (exact) mass is 252 g/mol. The van der Waals surface area contributed by atoms with Gasteiger partial charge in [0.2, 0.25) is 0 Å². The number of hydrogen-bond donors (Lipinski definition) is 2. The molecule has 1 unspecified atom stereocenters. The molecule has 0 bridgehead atoms. The van der Waals surface area contributed by atoms with E-state index in [4.69, 9.17) is 0 Å². The Balaban J connectivity index is 1.75. The van der Waals surface area contributed by atoms with Gasteiger partial charge in [-0.15, -0.1) is 0 Å². The van der Waals surface area contributed by atoms with Crippen molar-refractivity contribution in [2.24, 2.45) is 10.8 Å². The van der Waals surface area contributed by atoms with Crippen molar-refractivity contribution in [1.29, 1.82) is 0 Å². The summed E-state index contributed by atoms with van der Waals surface area (Å²) < 4.78 is 0. The topological polar surface area (TPSA) is 24.1 Å². The summed E-state index contributed by atoms with van der Waals surface area (Å²) in [4.78, 5) is 0. The zero-order chi connectivity index (χ0) is 12.9. The maximum atomic E-state index is 3.82. The summed E-state index contributed by atoms with van der Waals surface area (Å²) in [5.41, 5.74) is 1.14. The van der Waals surface area contributed by atoms with E-state index in [0.717, 1.165) is 0 Å². The third-order valence-electron chi connectivity index (χ3n) is 5.22. The lowest BCUT2D eigenvalue weighted by Gasteiger charge is -2.36.